The highest BCUT2D eigenvalue weighted by atomic mass is 14.4. The molecule has 14 aromatic rings. The lowest BCUT2D eigenvalue weighted by molar-refractivity contribution is 1.47. The molecular weight excluding hydrogens is 961 g/mol. The summed E-state index contributed by atoms with van der Waals surface area (Å²) < 4.78 is 0. The smallest absolute Gasteiger partial charge is 0.000719 e. The van der Waals surface area contributed by atoms with Gasteiger partial charge >= 0.3 is 0 Å². The van der Waals surface area contributed by atoms with Crippen molar-refractivity contribution in [2.45, 2.75) is 27.7 Å². The number of hydrogen-bond donors (Lipinski definition) is 0. The second kappa shape index (κ2) is 18.9. The molecule has 0 spiro atoms. The maximum absolute atomic E-state index is 2.45. The van der Waals surface area contributed by atoms with Crippen LogP contribution in [-0.4, -0.2) is 0 Å². The first kappa shape index (κ1) is 47.3. The predicted molar refractivity (Wildman–Crippen MR) is 344 cm³/mol. The van der Waals surface area contributed by atoms with Crippen molar-refractivity contribution in [3.05, 3.63) is 278 Å². The molecule has 14 aromatic carbocycles. The minimum Gasteiger partial charge on any atom is -0.0683 e. The summed E-state index contributed by atoms with van der Waals surface area (Å²) in [6, 6.07) is 100. The van der Waals surface area contributed by atoms with E-state index < -0.39 is 0 Å². The Morgan fingerprint density at radius 2 is 0.438 bits per heavy atom. The molecule has 0 atom stereocenters. The van der Waals surface area contributed by atoms with Gasteiger partial charge < -0.3 is 0 Å². The van der Waals surface area contributed by atoms with Gasteiger partial charge in [-0.1, -0.05) is 292 Å². The molecule has 0 fully saturated rings. The summed E-state index contributed by atoms with van der Waals surface area (Å²) in [4.78, 5) is 0. The van der Waals surface area contributed by atoms with E-state index in [2.05, 4.69) is 281 Å². The van der Waals surface area contributed by atoms with E-state index in [0.29, 0.717) is 0 Å². The van der Waals surface area contributed by atoms with Crippen molar-refractivity contribution in [1.82, 2.24) is 0 Å². The van der Waals surface area contributed by atoms with Gasteiger partial charge in [0.15, 0.2) is 0 Å². The average molecular weight is 1020 g/mol. The van der Waals surface area contributed by atoms with Crippen molar-refractivity contribution in [3.63, 3.8) is 0 Å². The highest BCUT2D eigenvalue weighted by Gasteiger charge is 2.35. The molecule has 0 amide bonds. The van der Waals surface area contributed by atoms with Crippen LogP contribution in [-0.2, 0) is 0 Å². The van der Waals surface area contributed by atoms with E-state index >= 15 is 0 Å². The summed E-state index contributed by atoms with van der Waals surface area (Å²) in [5.41, 5.74) is 30.3. The van der Waals surface area contributed by atoms with E-state index in [4.69, 9.17) is 0 Å². The maximum Gasteiger partial charge on any atom is -0.000719 e. The van der Waals surface area contributed by atoms with E-state index in [9.17, 15) is 0 Å². The molecule has 0 nitrogen and oxygen atoms in total. The van der Waals surface area contributed by atoms with Gasteiger partial charge in [-0.25, -0.2) is 0 Å². The van der Waals surface area contributed by atoms with Crippen LogP contribution in [0.3, 0.4) is 0 Å². The Morgan fingerprint density at radius 1 is 0.163 bits per heavy atom. The number of fused-ring (bicyclic) bond motifs is 8. The summed E-state index contributed by atoms with van der Waals surface area (Å²) in [6.07, 6.45) is 0. The fourth-order valence-electron chi connectivity index (χ4n) is 13.8. The molecule has 2 aliphatic rings. The van der Waals surface area contributed by atoms with Gasteiger partial charge in [-0.15, -0.1) is 0 Å². The van der Waals surface area contributed by atoms with Gasteiger partial charge in [0.05, 0.1) is 0 Å². The number of hydrogen-bond acceptors (Lipinski definition) is 0. The van der Waals surface area contributed by atoms with Crippen LogP contribution in [0, 0.1) is 13.8 Å². The van der Waals surface area contributed by atoms with Crippen LogP contribution in [0.2, 0.25) is 0 Å². The largest absolute Gasteiger partial charge is 0.0683 e. The molecule has 0 unspecified atom stereocenters. The van der Waals surface area contributed by atoms with Crippen molar-refractivity contribution in [2.24, 2.45) is 0 Å². The van der Waals surface area contributed by atoms with Crippen molar-refractivity contribution >= 4 is 43.1 Å². The molecular formula is C80H56. The molecule has 0 radical (unpaired) electrons. The minimum atomic E-state index is 1.21. The van der Waals surface area contributed by atoms with E-state index in [1.165, 1.54) is 177 Å². The molecule has 0 bridgehead atoms. The van der Waals surface area contributed by atoms with Gasteiger partial charge in [0.1, 0.15) is 0 Å². The predicted octanol–water partition coefficient (Wildman–Crippen LogP) is 22.9. The highest BCUT2D eigenvalue weighted by Crippen LogP contribution is 2.62. The van der Waals surface area contributed by atoms with Gasteiger partial charge in [0, 0.05) is 0 Å². The van der Waals surface area contributed by atoms with Crippen LogP contribution in [0.25, 0.3) is 165 Å². The lowest BCUT2D eigenvalue weighted by Gasteiger charge is -2.22. The first-order valence-corrected chi connectivity index (χ1v) is 28.3. The third kappa shape index (κ3) is 7.09. The standard InChI is InChI=1S/C78H50.C2H6/c1-47-35-39-51(40-36-47)69-61-27-13-15-29-63(61)73(57-25-11-9-23-53(57)49-19-5-3-6-20-49)77-67-45-43-55(59-31-17-33-65(71(59)67)75(69)77)56-44-46-68-72-60(56)32-18-34-66(72)76-70(52-41-37-48(2)38-42-52)62-28-14-16-30-64(62)74(78(68)76)58-26-12-10-24-54(58)50-21-7-4-8-22-50;1-2/h3-46H,1-2H3;1-2H3. The summed E-state index contributed by atoms with van der Waals surface area (Å²) >= 11 is 0. The SMILES string of the molecule is CC.Cc1ccc(-c2c3c(c(-c4ccccc4-c4ccccc4)c4ccccc24)-c2ccc(-c4ccc5c6c(cccc46)-c4c-5c(-c5ccccc5-c5ccccc5)c5ccccc5c4-c4ccc(C)cc4)c4cccc-3c24)cc1. The Labute approximate surface area is 468 Å². The molecule has 2 aliphatic carbocycles. The van der Waals surface area contributed by atoms with Crippen LogP contribution in [0.15, 0.2) is 267 Å². The molecule has 80 heavy (non-hydrogen) atoms. The van der Waals surface area contributed by atoms with Gasteiger partial charge in [0.2, 0.25) is 0 Å². The Hall–Kier alpha value is -9.88. The summed E-state index contributed by atoms with van der Waals surface area (Å²) in [5.74, 6) is 0. The zero-order valence-electron chi connectivity index (χ0n) is 45.4. The molecule has 0 heterocycles. The van der Waals surface area contributed by atoms with Crippen LogP contribution >= 0.6 is 0 Å². The molecule has 0 aliphatic heterocycles. The monoisotopic (exact) mass is 1020 g/mol. The molecule has 376 valence electrons. The quantitative estimate of drug-likeness (QED) is 0.149. The molecule has 0 saturated carbocycles. The van der Waals surface area contributed by atoms with E-state index in [1.807, 2.05) is 13.8 Å². The fraction of sp³-hybridized carbons (Fsp3) is 0.0500. The van der Waals surface area contributed by atoms with E-state index in [-0.39, 0.29) is 0 Å². The number of aryl methyl sites for hydroxylation is 2. The third-order valence-corrected chi connectivity index (χ3v) is 17.1. The Balaban J connectivity index is 0.00000273. The minimum absolute atomic E-state index is 1.21. The van der Waals surface area contributed by atoms with Gasteiger partial charge in [-0.3, -0.25) is 0 Å². The second-order valence-corrected chi connectivity index (χ2v) is 21.4. The fourth-order valence-corrected chi connectivity index (χ4v) is 13.8. The lowest BCUT2D eigenvalue weighted by atomic mass is 9.81. The van der Waals surface area contributed by atoms with Gasteiger partial charge in [0.25, 0.3) is 0 Å². The van der Waals surface area contributed by atoms with Crippen molar-refractivity contribution < 1.29 is 0 Å². The summed E-state index contributed by atoms with van der Waals surface area (Å²) in [7, 11) is 0. The Morgan fingerprint density at radius 3 is 0.825 bits per heavy atom. The van der Waals surface area contributed by atoms with Crippen LogP contribution in [0.5, 0.6) is 0 Å². The number of benzene rings is 14. The van der Waals surface area contributed by atoms with Crippen molar-refractivity contribution in [1.29, 1.82) is 0 Å². The van der Waals surface area contributed by atoms with Crippen molar-refractivity contribution in [2.75, 3.05) is 0 Å². The van der Waals surface area contributed by atoms with E-state index in [1.54, 1.807) is 0 Å². The average Bonchev–Trinajstić information content (AvgIpc) is 4.14. The number of rotatable bonds is 7. The van der Waals surface area contributed by atoms with Crippen LogP contribution in [0.4, 0.5) is 0 Å². The second-order valence-electron chi connectivity index (χ2n) is 21.4. The first-order valence-electron chi connectivity index (χ1n) is 28.3. The van der Waals surface area contributed by atoms with Gasteiger partial charge in [-0.05, 0) is 179 Å². The third-order valence-electron chi connectivity index (χ3n) is 17.1. The van der Waals surface area contributed by atoms with Crippen LogP contribution in [0.1, 0.15) is 25.0 Å². The van der Waals surface area contributed by atoms with Crippen molar-refractivity contribution in [3.8, 4) is 122 Å². The normalized spacial score (nSPS) is 11.8. The zero-order valence-corrected chi connectivity index (χ0v) is 45.4. The van der Waals surface area contributed by atoms with Crippen LogP contribution < -0.4 is 0 Å². The zero-order chi connectivity index (χ0) is 53.6. The Kier molecular flexibility index (Phi) is 11.2. The molecule has 0 saturated heterocycles. The lowest BCUT2D eigenvalue weighted by Crippen LogP contribution is -1.95. The molecule has 0 aromatic heterocycles. The van der Waals surface area contributed by atoms with E-state index in [0.717, 1.165) is 0 Å². The highest BCUT2D eigenvalue weighted by molar-refractivity contribution is 6.32. The first-order chi connectivity index (χ1) is 39.6. The van der Waals surface area contributed by atoms with Gasteiger partial charge in [-0.2, -0.15) is 0 Å². The maximum atomic E-state index is 2.45. The summed E-state index contributed by atoms with van der Waals surface area (Å²) in [5, 5.41) is 10.2. The molecule has 16 rings (SSSR count). The topological polar surface area (TPSA) is 0 Å². The Bertz CT molecular complexity index is 4500. The molecule has 0 N–H and O–H groups in total. The summed E-state index contributed by atoms with van der Waals surface area (Å²) in [6.45, 7) is 8.36. The molecule has 0 heteroatoms.